The minimum absolute atomic E-state index is 0.144. The molecule has 0 spiro atoms. The minimum Gasteiger partial charge on any atom is -0.450 e. The van der Waals surface area contributed by atoms with E-state index in [1.165, 1.54) is 25.7 Å². The fourth-order valence-electron chi connectivity index (χ4n) is 1.61. The summed E-state index contributed by atoms with van der Waals surface area (Å²) in [6, 6.07) is 0. The summed E-state index contributed by atoms with van der Waals surface area (Å²) in [5, 5.41) is 0. The maximum atomic E-state index is 11.6. The number of unbranched alkanes of at least 4 members (excludes halogenated alkanes) is 4. The highest BCUT2D eigenvalue weighted by Gasteiger charge is 2.12. The highest BCUT2D eigenvalue weighted by molar-refractivity contribution is 5.67. The van der Waals surface area contributed by atoms with Gasteiger partial charge in [0.15, 0.2) is 0 Å². The molecule has 0 heterocycles. The van der Waals surface area contributed by atoms with Crippen molar-refractivity contribution < 1.29 is 9.53 Å². The van der Waals surface area contributed by atoms with Crippen LogP contribution in [0.5, 0.6) is 0 Å². The third-order valence-electron chi connectivity index (χ3n) is 2.59. The molecule has 3 nitrogen and oxygen atoms in total. The fourth-order valence-corrected chi connectivity index (χ4v) is 1.61. The van der Waals surface area contributed by atoms with Gasteiger partial charge in [0, 0.05) is 13.1 Å². The minimum atomic E-state index is -0.144. The van der Waals surface area contributed by atoms with Gasteiger partial charge in [0.05, 0.1) is 6.61 Å². The lowest BCUT2D eigenvalue weighted by Crippen LogP contribution is -2.33. The van der Waals surface area contributed by atoms with Crippen LogP contribution in [0, 0.1) is 0 Å². The van der Waals surface area contributed by atoms with E-state index in [1.807, 2.05) is 11.8 Å². The molecular weight excluding hydrogens is 202 g/mol. The molecule has 3 heteroatoms. The van der Waals surface area contributed by atoms with Gasteiger partial charge in [-0.3, -0.25) is 0 Å². The number of ether oxygens (including phenoxy) is 1. The summed E-state index contributed by atoms with van der Waals surface area (Å²) in [5.74, 6) is 0. The molecule has 96 valence electrons. The second kappa shape index (κ2) is 10.8. The van der Waals surface area contributed by atoms with E-state index < -0.39 is 0 Å². The first-order valence-electron chi connectivity index (χ1n) is 6.67. The molecule has 0 unspecified atom stereocenters. The predicted octanol–water partition coefficient (Wildman–Crippen LogP) is 3.83. The predicted molar refractivity (Wildman–Crippen MR) is 67.6 cm³/mol. The Morgan fingerprint density at radius 1 is 0.938 bits per heavy atom. The van der Waals surface area contributed by atoms with Gasteiger partial charge in [0.2, 0.25) is 0 Å². The lowest BCUT2D eigenvalue weighted by molar-refractivity contribution is 0.106. The van der Waals surface area contributed by atoms with Crippen molar-refractivity contribution >= 4 is 6.09 Å². The van der Waals surface area contributed by atoms with Crippen molar-refractivity contribution in [1.29, 1.82) is 0 Å². The van der Waals surface area contributed by atoms with Gasteiger partial charge < -0.3 is 9.64 Å². The second-order valence-corrected chi connectivity index (χ2v) is 4.10. The normalized spacial score (nSPS) is 10.2. The number of amides is 1. The summed E-state index contributed by atoms with van der Waals surface area (Å²) < 4.78 is 5.05. The third-order valence-corrected chi connectivity index (χ3v) is 2.59. The molecule has 0 N–H and O–H groups in total. The summed E-state index contributed by atoms with van der Waals surface area (Å²) >= 11 is 0. The van der Waals surface area contributed by atoms with Crippen LogP contribution in [0.4, 0.5) is 4.79 Å². The van der Waals surface area contributed by atoms with Gasteiger partial charge >= 0.3 is 6.09 Å². The number of carbonyl (C=O) groups is 1. The zero-order chi connectivity index (χ0) is 12.2. The zero-order valence-electron chi connectivity index (χ0n) is 11.1. The first-order valence-corrected chi connectivity index (χ1v) is 6.67. The Bertz CT molecular complexity index is 161. The Hall–Kier alpha value is -0.730. The number of hydrogen-bond acceptors (Lipinski definition) is 2. The van der Waals surface area contributed by atoms with E-state index in [2.05, 4.69) is 13.8 Å². The van der Waals surface area contributed by atoms with E-state index in [-0.39, 0.29) is 6.09 Å². The number of carbonyl (C=O) groups excluding carboxylic acids is 1. The molecule has 0 rings (SSSR count). The Labute approximate surface area is 100 Å². The van der Waals surface area contributed by atoms with E-state index >= 15 is 0 Å². The van der Waals surface area contributed by atoms with Crippen LogP contribution in [0.3, 0.4) is 0 Å². The van der Waals surface area contributed by atoms with Gasteiger partial charge in [0.25, 0.3) is 0 Å². The molecule has 0 fully saturated rings. The molecule has 0 aromatic heterocycles. The molecule has 16 heavy (non-hydrogen) atoms. The number of rotatable bonds is 9. The Balaban J connectivity index is 3.89. The van der Waals surface area contributed by atoms with Gasteiger partial charge in [-0.1, -0.05) is 39.5 Å². The van der Waals surface area contributed by atoms with Gasteiger partial charge in [0.1, 0.15) is 0 Å². The maximum Gasteiger partial charge on any atom is 0.409 e. The topological polar surface area (TPSA) is 29.5 Å². The molecule has 0 aliphatic rings. The largest absolute Gasteiger partial charge is 0.450 e. The van der Waals surface area contributed by atoms with Crippen LogP contribution in [-0.4, -0.2) is 30.7 Å². The lowest BCUT2D eigenvalue weighted by atomic mass is 10.2. The Morgan fingerprint density at radius 3 is 1.81 bits per heavy atom. The summed E-state index contributed by atoms with van der Waals surface area (Å²) in [5.41, 5.74) is 0. The van der Waals surface area contributed by atoms with Crippen molar-refractivity contribution in [2.24, 2.45) is 0 Å². The molecule has 0 bridgehead atoms. The quantitative estimate of drug-likeness (QED) is 0.562. The van der Waals surface area contributed by atoms with Crippen molar-refractivity contribution in [3.8, 4) is 0 Å². The van der Waals surface area contributed by atoms with E-state index in [4.69, 9.17) is 4.74 Å². The van der Waals surface area contributed by atoms with Crippen LogP contribution in [0.15, 0.2) is 0 Å². The first-order chi connectivity index (χ1) is 7.76. The van der Waals surface area contributed by atoms with Gasteiger partial charge in [-0.15, -0.1) is 0 Å². The van der Waals surface area contributed by atoms with Gasteiger partial charge in [-0.05, 0) is 19.8 Å². The molecule has 0 aromatic carbocycles. The molecular formula is C13H27NO2. The second-order valence-electron chi connectivity index (χ2n) is 4.10. The van der Waals surface area contributed by atoms with Crippen LogP contribution in [0.2, 0.25) is 0 Å². The monoisotopic (exact) mass is 229 g/mol. The SMILES string of the molecule is CCCCCN(CCCCC)C(=O)OCC. The van der Waals surface area contributed by atoms with Crippen molar-refractivity contribution in [3.05, 3.63) is 0 Å². The van der Waals surface area contributed by atoms with Crippen LogP contribution >= 0.6 is 0 Å². The third kappa shape index (κ3) is 7.55. The molecule has 0 saturated carbocycles. The van der Waals surface area contributed by atoms with Crippen LogP contribution in [-0.2, 0) is 4.74 Å². The van der Waals surface area contributed by atoms with Crippen LogP contribution < -0.4 is 0 Å². The maximum absolute atomic E-state index is 11.6. The first kappa shape index (κ1) is 15.3. The molecule has 0 aliphatic heterocycles. The molecule has 0 aromatic rings. The summed E-state index contributed by atoms with van der Waals surface area (Å²) in [6.07, 6.45) is 6.77. The van der Waals surface area contributed by atoms with Gasteiger partial charge in [-0.2, -0.15) is 0 Å². The van der Waals surface area contributed by atoms with Crippen molar-refractivity contribution in [3.63, 3.8) is 0 Å². The average molecular weight is 229 g/mol. The fraction of sp³-hybridized carbons (Fsp3) is 0.923. The zero-order valence-corrected chi connectivity index (χ0v) is 11.1. The molecule has 1 amide bonds. The van der Waals surface area contributed by atoms with Crippen molar-refractivity contribution in [2.75, 3.05) is 19.7 Å². The average Bonchev–Trinajstić information content (AvgIpc) is 2.28. The number of nitrogens with zero attached hydrogens (tertiary/aromatic N) is 1. The van der Waals surface area contributed by atoms with Crippen molar-refractivity contribution in [1.82, 2.24) is 4.90 Å². The van der Waals surface area contributed by atoms with E-state index in [1.54, 1.807) is 0 Å². The summed E-state index contributed by atoms with van der Waals surface area (Å²) in [6.45, 7) is 8.36. The standard InChI is InChI=1S/C13H27NO2/c1-4-7-9-11-14(12-10-8-5-2)13(15)16-6-3/h4-12H2,1-3H3. The lowest BCUT2D eigenvalue weighted by Gasteiger charge is -2.21. The molecule has 0 aliphatic carbocycles. The summed E-state index contributed by atoms with van der Waals surface area (Å²) in [4.78, 5) is 13.5. The Morgan fingerprint density at radius 2 is 1.44 bits per heavy atom. The Kier molecular flexibility index (Phi) is 10.3. The highest BCUT2D eigenvalue weighted by atomic mass is 16.6. The number of hydrogen-bond donors (Lipinski definition) is 0. The smallest absolute Gasteiger partial charge is 0.409 e. The van der Waals surface area contributed by atoms with E-state index in [0.29, 0.717) is 6.61 Å². The molecule has 0 saturated heterocycles. The van der Waals surface area contributed by atoms with E-state index in [9.17, 15) is 4.79 Å². The highest BCUT2D eigenvalue weighted by Crippen LogP contribution is 2.04. The molecule has 0 atom stereocenters. The molecule has 0 radical (unpaired) electrons. The van der Waals surface area contributed by atoms with Crippen LogP contribution in [0.1, 0.15) is 59.3 Å². The van der Waals surface area contributed by atoms with Gasteiger partial charge in [-0.25, -0.2) is 4.79 Å². The van der Waals surface area contributed by atoms with E-state index in [0.717, 1.165) is 25.9 Å². The van der Waals surface area contributed by atoms with Crippen molar-refractivity contribution in [2.45, 2.75) is 59.3 Å². The van der Waals surface area contributed by atoms with Crippen LogP contribution in [0.25, 0.3) is 0 Å². The summed E-state index contributed by atoms with van der Waals surface area (Å²) in [7, 11) is 0.